The van der Waals surface area contributed by atoms with E-state index in [2.05, 4.69) is 5.43 Å². The number of hydrogen-bond acceptors (Lipinski definition) is 6. The molecule has 1 saturated carbocycles. The summed E-state index contributed by atoms with van der Waals surface area (Å²) in [6, 6.07) is -0.371. The minimum absolute atomic E-state index is 0.00167. The fourth-order valence-corrected chi connectivity index (χ4v) is 4.79. The van der Waals surface area contributed by atoms with Crippen LogP contribution in [0.25, 0.3) is 0 Å². The normalized spacial score (nSPS) is 27.9. The Kier molecular flexibility index (Phi) is 5.16. The maximum atomic E-state index is 11.6. The van der Waals surface area contributed by atoms with Crippen molar-refractivity contribution in [2.75, 3.05) is 18.3 Å². The van der Waals surface area contributed by atoms with Gasteiger partial charge < -0.3 is 0 Å². The molecule has 3 unspecified atom stereocenters. The van der Waals surface area contributed by atoms with Gasteiger partial charge in [-0.25, -0.2) is 16.8 Å². The third-order valence-electron chi connectivity index (χ3n) is 3.54. The zero-order valence-electron chi connectivity index (χ0n) is 10.8. The molecule has 0 aromatic carbocycles. The number of nitrogens with one attached hydrogen (secondary N) is 1. The van der Waals surface area contributed by atoms with Crippen molar-refractivity contribution in [3.63, 3.8) is 0 Å². The van der Waals surface area contributed by atoms with Gasteiger partial charge in [-0.05, 0) is 25.2 Å². The van der Waals surface area contributed by atoms with Crippen LogP contribution in [-0.4, -0.2) is 46.4 Å². The molecule has 0 amide bonds. The minimum atomic E-state index is -3.13. The smallest absolute Gasteiger partial charge is 0.150 e. The fraction of sp³-hybridized carbons (Fsp3) is 1.00. The molecule has 1 rings (SSSR count). The number of hydrazine groups is 1. The van der Waals surface area contributed by atoms with Gasteiger partial charge in [0.15, 0.2) is 0 Å². The maximum absolute atomic E-state index is 11.6. The lowest BCUT2D eigenvalue weighted by Crippen LogP contribution is -2.47. The van der Waals surface area contributed by atoms with Gasteiger partial charge in [-0.3, -0.25) is 11.3 Å². The quantitative estimate of drug-likeness (QED) is 0.522. The Morgan fingerprint density at radius 3 is 2.28 bits per heavy atom. The molecule has 0 saturated heterocycles. The zero-order chi connectivity index (χ0) is 14.0. The molecule has 8 heteroatoms. The summed E-state index contributed by atoms with van der Waals surface area (Å²) in [5, 5.41) is -0.369. The van der Waals surface area contributed by atoms with Gasteiger partial charge in [-0.2, -0.15) is 0 Å². The predicted octanol–water partition coefficient (Wildman–Crippen LogP) is -0.534. The van der Waals surface area contributed by atoms with Crippen LogP contribution in [0.4, 0.5) is 0 Å². The van der Waals surface area contributed by atoms with Crippen molar-refractivity contribution in [1.29, 1.82) is 0 Å². The molecule has 1 aliphatic rings. The van der Waals surface area contributed by atoms with Gasteiger partial charge in [0.05, 0.1) is 11.0 Å². The van der Waals surface area contributed by atoms with E-state index in [4.69, 9.17) is 5.84 Å². The highest BCUT2D eigenvalue weighted by atomic mass is 32.2. The minimum Gasteiger partial charge on any atom is -0.271 e. The first-order valence-electron chi connectivity index (χ1n) is 5.96. The SMILES string of the molecule is CS(=O)(=O)CC(NN)C1CCCC(S(C)(=O)=O)C1. The highest BCUT2D eigenvalue weighted by Crippen LogP contribution is 2.30. The molecule has 108 valence electrons. The van der Waals surface area contributed by atoms with Crippen molar-refractivity contribution in [2.45, 2.75) is 37.0 Å². The lowest BCUT2D eigenvalue weighted by molar-refractivity contribution is 0.286. The van der Waals surface area contributed by atoms with Crippen LogP contribution in [0.3, 0.4) is 0 Å². The summed E-state index contributed by atoms with van der Waals surface area (Å²) in [6.07, 6.45) is 5.16. The molecule has 1 aliphatic carbocycles. The van der Waals surface area contributed by atoms with Crippen molar-refractivity contribution in [1.82, 2.24) is 5.43 Å². The van der Waals surface area contributed by atoms with E-state index in [1.165, 1.54) is 6.26 Å². The Hall–Kier alpha value is -0.180. The van der Waals surface area contributed by atoms with Crippen molar-refractivity contribution < 1.29 is 16.8 Å². The Morgan fingerprint density at radius 1 is 1.22 bits per heavy atom. The highest BCUT2D eigenvalue weighted by Gasteiger charge is 2.33. The monoisotopic (exact) mass is 298 g/mol. The second-order valence-electron chi connectivity index (χ2n) is 5.24. The molecule has 0 aromatic heterocycles. The molecule has 0 bridgehead atoms. The molecule has 3 atom stereocenters. The predicted molar refractivity (Wildman–Crippen MR) is 71.4 cm³/mol. The molecule has 0 aromatic rings. The van der Waals surface area contributed by atoms with Crippen LogP contribution in [0.1, 0.15) is 25.7 Å². The first kappa shape index (κ1) is 15.9. The van der Waals surface area contributed by atoms with Crippen LogP contribution in [0.15, 0.2) is 0 Å². The lowest BCUT2D eigenvalue weighted by Gasteiger charge is -2.33. The number of rotatable bonds is 5. The summed E-state index contributed by atoms with van der Waals surface area (Å²) in [6.45, 7) is 0. The van der Waals surface area contributed by atoms with Crippen LogP contribution in [0.2, 0.25) is 0 Å². The van der Waals surface area contributed by atoms with E-state index in [1.807, 2.05) is 0 Å². The van der Waals surface area contributed by atoms with Crippen LogP contribution < -0.4 is 11.3 Å². The van der Waals surface area contributed by atoms with Crippen molar-refractivity contribution in [2.24, 2.45) is 11.8 Å². The van der Waals surface area contributed by atoms with Gasteiger partial charge in [0.2, 0.25) is 0 Å². The standard InChI is InChI=1S/C10H22N2O4S2/c1-17(13,14)7-10(12-11)8-4-3-5-9(6-8)18(2,15)16/h8-10,12H,3-7,11H2,1-2H3. The lowest BCUT2D eigenvalue weighted by atomic mass is 9.84. The van der Waals surface area contributed by atoms with Gasteiger partial charge in [-0.1, -0.05) is 6.42 Å². The summed E-state index contributed by atoms with van der Waals surface area (Å²) in [4.78, 5) is 0. The number of nitrogens with two attached hydrogens (primary N) is 1. The molecule has 3 N–H and O–H groups in total. The first-order valence-corrected chi connectivity index (χ1v) is 9.97. The Labute approximate surface area is 109 Å². The Bertz CT molecular complexity index is 472. The van der Waals surface area contributed by atoms with Gasteiger partial charge in [0.1, 0.15) is 19.7 Å². The van der Waals surface area contributed by atoms with E-state index in [9.17, 15) is 16.8 Å². The van der Waals surface area contributed by atoms with Crippen molar-refractivity contribution >= 4 is 19.7 Å². The average Bonchev–Trinajstić information content (AvgIpc) is 2.23. The van der Waals surface area contributed by atoms with Crippen molar-refractivity contribution in [3.8, 4) is 0 Å². The summed E-state index contributed by atoms with van der Waals surface area (Å²) >= 11 is 0. The van der Waals surface area contributed by atoms with Gasteiger partial charge in [0, 0.05) is 18.6 Å². The van der Waals surface area contributed by atoms with Crippen LogP contribution in [0.5, 0.6) is 0 Å². The second kappa shape index (κ2) is 5.85. The molecule has 0 heterocycles. The van der Waals surface area contributed by atoms with Crippen LogP contribution in [-0.2, 0) is 19.7 Å². The van der Waals surface area contributed by atoms with E-state index in [-0.39, 0.29) is 23.0 Å². The van der Waals surface area contributed by atoms with Crippen LogP contribution >= 0.6 is 0 Å². The molecule has 1 fully saturated rings. The van der Waals surface area contributed by atoms with E-state index in [1.54, 1.807) is 0 Å². The number of sulfone groups is 2. The fourth-order valence-electron chi connectivity index (χ4n) is 2.58. The summed E-state index contributed by atoms with van der Waals surface area (Å²) < 4.78 is 45.7. The van der Waals surface area contributed by atoms with E-state index >= 15 is 0 Å². The Balaban J connectivity index is 2.76. The molecule has 0 aliphatic heterocycles. The third-order valence-corrected chi connectivity index (χ3v) is 6.14. The van der Waals surface area contributed by atoms with Gasteiger partial charge in [-0.15, -0.1) is 0 Å². The first-order chi connectivity index (χ1) is 8.13. The van der Waals surface area contributed by atoms with Crippen molar-refractivity contribution in [3.05, 3.63) is 0 Å². The maximum Gasteiger partial charge on any atom is 0.150 e. The molecular formula is C10H22N2O4S2. The third kappa shape index (κ3) is 4.83. The summed E-state index contributed by atoms with van der Waals surface area (Å²) in [5.41, 5.74) is 2.53. The highest BCUT2D eigenvalue weighted by molar-refractivity contribution is 7.91. The Morgan fingerprint density at radius 2 is 1.83 bits per heavy atom. The molecule has 0 radical (unpaired) electrons. The molecular weight excluding hydrogens is 276 g/mol. The van der Waals surface area contributed by atoms with E-state index in [0.717, 1.165) is 19.1 Å². The zero-order valence-corrected chi connectivity index (χ0v) is 12.4. The second-order valence-corrected chi connectivity index (χ2v) is 9.75. The number of hydrogen-bond donors (Lipinski definition) is 2. The van der Waals surface area contributed by atoms with E-state index < -0.39 is 19.7 Å². The summed E-state index contributed by atoms with van der Waals surface area (Å²) in [5.74, 6) is 5.35. The van der Waals surface area contributed by atoms with Gasteiger partial charge in [0.25, 0.3) is 0 Å². The molecule has 18 heavy (non-hydrogen) atoms. The average molecular weight is 298 g/mol. The van der Waals surface area contributed by atoms with Crippen LogP contribution in [0, 0.1) is 5.92 Å². The van der Waals surface area contributed by atoms with E-state index in [0.29, 0.717) is 12.8 Å². The largest absolute Gasteiger partial charge is 0.271 e. The van der Waals surface area contributed by atoms with Gasteiger partial charge >= 0.3 is 0 Å². The molecule has 6 nitrogen and oxygen atoms in total. The topological polar surface area (TPSA) is 106 Å². The summed E-state index contributed by atoms with van der Waals surface area (Å²) in [7, 11) is -6.19. The molecule has 0 spiro atoms.